The van der Waals surface area contributed by atoms with Gasteiger partial charge in [0.1, 0.15) is 17.3 Å². The van der Waals surface area contributed by atoms with E-state index < -0.39 is 0 Å². The highest BCUT2D eigenvalue weighted by Crippen LogP contribution is 2.18. The first-order valence-electron chi connectivity index (χ1n) is 9.73. The fourth-order valence-corrected chi connectivity index (χ4v) is 3.29. The number of anilines is 1. The van der Waals surface area contributed by atoms with Gasteiger partial charge < -0.3 is 15.4 Å². The van der Waals surface area contributed by atoms with Crippen molar-refractivity contribution >= 4 is 22.6 Å². The zero-order chi connectivity index (χ0) is 20.2. The van der Waals surface area contributed by atoms with Crippen LogP contribution in [-0.2, 0) is 11.3 Å². The van der Waals surface area contributed by atoms with Crippen LogP contribution in [0.1, 0.15) is 34.5 Å². The maximum absolute atomic E-state index is 13.7. The van der Waals surface area contributed by atoms with Crippen LogP contribution in [0.25, 0.3) is 10.9 Å². The average molecular weight is 394 g/mol. The summed E-state index contributed by atoms with van der Waals surface area (Å²) in [5.41, 5.74) is 2.29. The van der Waals surface area contributed by atoms with Crippen LogP contribution < -0.4 is 10.6 Å². The van der Waals surface area contributed by atoms with E-state index in [9.17, 15) is 9.18 Å². The zero-order valence-electron chi connectivity index (χ0n) is 16.2. The van der Waals surface area contributed by atoms with Crippen LogP contribution in [0.15, 0.2) is 42.6 Å². The van der Waals surface area contributed by atoms with Crippen LogP contribution >= 0.6 is 0 Å². The number of ether oxygens (including phenoxy) is 1. The minimum atomic E-state index is -0.302. The van der Waals surface area contributed by atoms with Crippen LogP contribution in [0.2, 0.25) is 0 Å². The molecule has 6 nitrogen and oxygen atoms in total. The molecule has 0 bridgehead atoms. The van der Waals surface area contributed by atoms with E-state index in [2.05, 4.69) is 20.6 Å². The molecule has 29 heavy (non-hydrogen) atoms. The molecule has 150 valence electrons. The standard InChI is InChI=1S/C22H23FN4O2/c1-14-2-3-15(10-18(14)23)12-25-22(28)19-5-4-16-13-24-21(11-20(16)27-19)26-17-6-8-29-9-7-17/h2-5,10-11,13,17H,6-9,12H2,1H3,(H,24,26)(H,25,28). The van der Waals surface area contributed by atoms with Gasteiger partial charge >= 0.3 is 0 Å². The first-order valence-corrected chi connectivity index (χ1v) is 9.73. The van der Waals surface area contributed by atoms with Crippen molar-refractivity contribution in [1.82, 2.24) is 15.3 Å². The third kappa shape index (κ3) is 4.68. The number of fused-ring (bicyclic) bond motifs is 1. The smallest absolute Gasteiger partial charge is 0.270 e. The number of hydrogen-bond donors (Lipinski definition) is 2. The molecular formula is C22H23FN4O2. The quantitative estimate of drug-likeness (QED) is 0.692. The fourth-order valence-electron chi connectivity index (χ4n) is 3.29. The van der Waals surface area contributed by atoms with Crippen molar-refractivity contribution in [2.75, 3.05) is 18.5 Å². The molecule has 3 aromatic rings. The molecule has 1 aromatic carbocycles. The van der Waals surface area contributed by atoms with Gasteiger partial charge in [-0.1, -0.05) is 12.1 Å². The molecule has 1 saturated heterocycles. The Morgan fingerprint density at radius 2 is 2.03 bits per heavy atom. The Hall–Kier alpha value is -3.06. The number of halogens is 1. The van der Waals surface area contributed by atoms with Gasteiger partial charge in [0, 0.05) is 43.4 Å². The predicted octanol–water partition coefficient (Wildman–Crippen LogP) is 3.60. The van der Waals surface area contributed by atoms with E-state index in [-0.39, 0.29) is 18.3 Å². The van der Waals surface area contributed by atoms with Crippen LogP contribution in [0.5, 0.6) is 0 Å². The number of rotatable bonds is 5. The van der Waals surface area contributed by atoms with E-state index in [0.29, 0.717) is 28.4 Å². The van der Waals surface area contributed by atoms with E-state index >= 15 is 0 Å². The molecular weight excluding hydrogens is 371 g/mol. The summed E-state index contributed by atoms with van der Waals surface area (Å²) in [6, 6.07) is 10.6. The second kappa shape index (κ2) is 8.53. The van der Waals surface area contributed by atoms with E-state index in [4.69, 9.17) is 4.74 Å². The molecule has 0 radical (unpaired) electrons. The minimum Gasteiger partial charge on any atom is -0.381 e. The summed E-state index contributed by atoms with van der Waals surface area (Å²) in [5.74, 6) is 0.158. The molecule has 1 aliphatic heterocycles. The number of pyridine rings is 2. The number of aromatic nitrogens is 2. The molecule has 2 N–H and O–H groups in total. The number of amides is 1. The molecule has 3 heterocycles. The SMILES string of the molecule is Cc1ccc(CNC(=O)c2ccc3cnc(NC4CCOCC4)cc3n2)cc1F. The predicted molar refractivity (Wildman–Crippen MR) is 109 cm³/mol. The molecule has 0 saturated carbocycles. The van der Waals surface area contributed by atoms with E-state index in [1.165, 1.54) is 6.07 Å². The Balaban J connectivity index is 1.46. The van der Waals surface area contributed by atoms with E-state index in [1.54, 1.807) is 31.3 Å². The topological polar surface area (TPSA) is 76.1 Å². The van der Waals surface area contributed by atoms with Gasteiger partial charge in [-0.25, -0.2) is 14.4 Å². The highest BCUT2D eigenvalue weighted by molar-refractivity contribution is 5.95. The van der Waals surface area contributed by atoms with Gasteiger partial charge in [0.25, 0.3) is 5.91 Å². The second-order valence-electron chi connectivity index (χ2n) is 7.26. The summed E-state index contributed by atoms with van der Waals surface area (Å²) in [7, 11) is 0. The van der Waals surface area contributed by atoms with Gasteiger partial charge in [0.2, 0.25) is 0 Å². The number of carbonyl (C=O) groups is 1. The first-order chi connectivity index (χ1) is 14.1. The highest BCUT2D eigenvalue weighted by Gasteiger charge is 2.15. The Labute approximate surface area is 168 Å². The molecule has 0 unspecified atom stereocenters. The third-order valence-electron chi connectivity index (χ3n) is 5.07. The van der Waals surface area contributed by atoms with Gasteiger partial charge in [-0.2, -0.15) is 0 Å². The molecule has 1 fully saturated rings. The minimum absolute atomic E-state index is 0.239. The van der Waals surface area contributed by atoms with Crippen LogP contribution in [-0.4, -0.2) is 35.1 Å². The maximum atomic E-state index is 13.7. The summed E-state index contributed by atoms with van der Waals surface area (Å²) in [6.45, 7) is 3.44. The van der Waals surface area contributed by atoms with Crippen LogP contribution in [0, 0.1) is 12.7 Å². The summed E-state index contributed by atoms with van der Waals surface area (Å²) in [5, 5.41) is 7.07. The van der Waals surface area contributed by atoms with Gasteiger partial charge in [-0.15, -0.1) is 0 Å². The molecule has 1 aliphatic rings. The number of hydrogen-bond acceptors (Lipinski definition) is 5. The molecule has 0 spiro atoms. The van der Waals surface area contributed by atoms with Gasteiger partial charge in [0.15, 0.2) is 0 Å². The lowest BCUT2D eigenvalue weighted by Gasteiger charge is -2.23. The van der Waals surface area contributed by atoms with E-state index in [0.717, 1.165) is 37.3 Å². The van der Waals surface area contributed by atoms with Crippen molar-refractivity contribution in [2.24, 2.45) is 0 Å². The van der Waals surface area contributed by atoms with Gasteiger partial charge in [0.05, 0.1) is 5.52 Å². The second-order valence-corrected chi connectivity index (χ2v) is 7.26. The Morgan fingerprint density at radius 1 is 1.21 bits per heavy atom. The van der Waals surface area contributed by atoms with Crippen molar-refractivity contribution < 1.29 is 13.9 Å². The first kappa shape index (κ1) is 19.3. The van der Waals surface area contributed by atoms with Gasteiger partial charge in [-0.3, -0.25) is 4.79 Å². The highest BCUT2D eigenvalue weighted by atomic mass is 19.1. The maximum Gasteiger partial charge on any atom is 0.270 e. The summed E-state index contributed by atoms with van der Waals surface area (Å²) >= 11 is 0. The number of nitrogens with one attached hydrogen (secondary N) is 2. The van der Waals surface area contributed by atoms with Crippen LogP contribution in [0.4, 0.5) is 10.2 Å². The Kier molecular flexibility index (Phi) is 5.67. The lowest BCUT2D eigenvalue weighted by molar-refractivity contribution is 0.0903. The molecule has 2 aromatic heterocycles. The lowest BCUT2D eigenvalue weighted by atomic mass is 10.1. The number of nitrogens with zero attached hydrogens (tertiary/aromatic N) is 2. The van der Waals surface area contributed by atoms with Crippen molar-refractivity contribution in [3.8, 4) is 0 Å². The van der Waals surface area contributed by atoms with Crippen molar-refractivity contribution in [3.05, 3.63) is 65.2 Å². The summed E-state index contributed by atoms with van der Waals surface area (Å²) in [6.07, 6.45) is 3.63. The summed E-state index contributed by atoms with van der Waals surface area (Å²) < 4.78 is 19.0. The van der Waals surface area contributed by atoms with Crippen molar-refractivity contribution in [3.63, 3.8) is 0 Å². The van der Waals surface area contributed by atoms with Crippen molar-refractivity contribution in [2.45, 2.75) is 32.4 Å². The van der Waals surface area contributed by atoms with Gasteiger partial charge in [-0.05, 0) is 49.1 Å². The summed E-state index contributed by atoms with van der Waals surface area (Å²) in [4.78, 5) is 21.4. The van der Waals surface area contributed by atoms with E-state index in [1.807, 2.05) is 12.1 Å². The largest absolute Gasteiger partial charge is 0.381 e. The Bertz CT molecular complexity index is 1030. The zero-order valence-corrected chi connectivity index (χ0v) is 16.2. The number of benzene rings is 1. The molecule has 1 amide bonds. The lowest BCUT2D eigenvalue weighted by Crippen LogP contribution is -2.28. The fraction of sp³-hybridized carbons (Fsp3) is 0.318. The Morgan fingerprint density at radius 3 is 2.83 bits per heavy atom. The molecule has 7 heteroatoms. The average Bonchev–Trinajstić information content (AvgIpc) is 2.74. The molecule has 0 aliphatic carbocycles. The number of aryl methyl sites for hydroxylation is 1. The monoisotopic (exact) mass is 394 g/mol. The third-order valence-corrected chi connectivity index (χ3v) is 5.07. The normalized spacial score (nSPS) is 14.7. The van der Waals surface area contributed by atoms with Crippen LogP contribution in [0.3, 0.4) is 0 Å². The molecule has 4 rings (SSSR count). The molecule has 0 atom stereocenters. The number of carbonyl (C=O) groups excluding carboxylic acids is 1. The van der Waals surface area contributed by atoms with Crippen molar-refractivity contribution in [1.29, 1.82) is 0 Å².